The van der Waals surface area contributed by atoms with Crippen LogP contribution in [-0.4, -0.2) is 210 Å². The van der Waals surface area contributed by atoms with Gasteiger partial charge in [-0.2, -0.15) is 43.9 Å². The molecule has 0 radical (unpaired) electrons. The fraction of sp³-hybridized carbons (Fsp3) is 0.322. The predicted molar refractivity (Wildman–Crippen MR) is 496 cm³/mol. The first-order chi connectivity index (χ1) is 67.1. The number of aliphatic hydroxyl groups is 4. The standard InChI is InChI=1S/C23H25ClN4O5S.C23H25N5O5S.C22H20F5N5O5S.C22H24N6O6S/c24-18-3-1-2-15(8-18)12-28-7-5-16(13-28)23(30)20-11-26-6-4-21(20)27-19-9-17(22(29)10-19)14-33-34(25,31)32;24-34(31,32)33-14-18-10-19(11-21(18)29)27-23-20(12-25-15-26-23)22(30)17-7-9-28(13-17)8-6-16-4-2-1-3-5-16;23-17-13(18(24)20(26)21(27)19(17)25)7-32-2-1-14(31-32)22(34)12-6-29-9-30-15(12)4-10-3-11(16(33)5-10)8-37-38(28,35)36;23-35(31,32)34-13-15-9-17(11-20(15)29)26-22-12-16(24-14-25-22)10-21(30)19-5-7-28(27-19)6-1-3-18-4-2-8-33-18/h1-8,11,13,17,19,22,29H,9-10,12,14H2,(H,26,27)(H2,25,31,32);1-9,12-13,15,18-19,21,29H,10-11,14H2,(H2,24,31,32)(H,25,26,27);1-2,6,9-11,16,33H,3-5,7-8H2,(H2,28,35,36);2,4-5,7-8,12,14-15,17,20,29H,6,9-11,13H2,(H2,23,31,32)(H,24,25,26)/b;8-6-;;/t17-,19-,22+;18-,19-,21+;10-,11+,16-;15-,17-,20+/m1101/s1. The Labute approximate surface area is 809 Å². The highest BCUT2D eigenvalue weighted by molar-refractivity contribution is 7.85. The Bertz CT molecular complexity index is 7000. The van der Waals surface area contributed by atoms with E-state index in [0.29, 0.717) is 125 Å². The van der Waals surface area contributed by atoms with Crippen LogP contribution in [0, 0.1) is 70.5 Å². The lowest BCUT2D eigenvalue weighted by Crippen LogP contribution is -2.24. The molecule has 4 aliphatic rings. The van der Waals surface area contributed by atoms with E-state index in [9.17, 15) is 95.2 Å². The smallest absolute Gasteiger partial charge is 0.333 e. The lowest BCUT2D eigenvalue weighted by Gasteiger charge is -2.16. The van der Waals surface area contributed by atoms with Crippen molar-refractivity contribution in [3.05, 3.63) is 297 Å². The molecular formula is C90H94ClF5N20O21S4. The number of carbonyl (C=O) groups is 4. The van der Waals surface area contributed by atoms with Crippen molar-refractivity contribution in [1.29, 1.82) is 0 Å². The highest BCUT2D eigenvalue weighted by atomic mass is 35.5. The van der Waals surface area contributed by atoms with Gasteiger partial charge in [0.05, 0.1) is 104 Å². The van der Waals surface area contributed by atoms with Gasteiger partial charge in [-0.1, -0.05) is 60.0 Å². The number of carbonyl (C=O) groups excluding carboxylic acids is 4. The molecular weight excluding hydrogens is 1960 g/mol. The first kappa shape index (κ1) is 105. The van der Waals surface area contributed by atoms with E-state index in [-0.39, 0.29) is 104 Å². The average Bonchev–Trinajstić information content (AvgIpc) is 1.73. The number of ketones is 4. The van der Waals surface area contributed by atoms with Crippen LogP contribution in [0.15, 0.2) is 195 Å². The van der Waals surface area contributed by atoms with E-state index in [1.807, 2.05) is 77.6 Å². The molecule has 4 saturated carbocycles. The number of furan rings is 1. The molecule has 12 atom stereocenters. The van der Waals surface area contributed by atoms with Crippen LogP contribution >= 0.6 is 11.6 Å². The minimum Gasteiger partial charge on any atom is -0.456 e. The van der Waals surface area contributed by atoms with Crippen LogP contribution in [0.4, 0.5) is 39.3 Å². The summed E-state index contributed by atoms with van der Waals surface area (Å²) in [5.41, 5.74) is 4.19. The highest BCUT2D eigenvalue weighted by Crippen LogP contribution is 2.37. The van der Waals surface area contributed by atoms with Gasteiger partial charge in [0.15, 0.2) is 46.4 Å². The van der Waals surface area contributed by atoms with Crippen molar-refractivity contribution in [2.75, 3.05) is 42.4 Å². The number of rotatable bonds is 36. The maximum atomic E-state index is 14.0. The summed E-state index contributed by atoms with van der Waals surface area (Å²) in [6.07, 6.45) is 25.2. The van der Waals surface area contributed by atoms with Crippen LogP contribution in [0.25, 0.3) is 12.3 Å². The number of benzene rings is 3. The molecule has 51 heteroatoms. The number of halogens is 6. The molecule has 0 unspecified atom stereocenters. The summed E-state index contributed by atoms with van der Waals surface area (Å²) in [6.45, 7) is -0.841. The number of hydrogen-bond donors (Lipinski definition) is 11. The van der Waals surface area contributed by atoms with E-state index in [0.717, 1.165) is 22.0 Å². The summed E-state index contributed by atoms with van der Waals surface area (Å²) in [7, 11) is -16.4. The molecule has 4 aliphatic carbocycles. The summed E-state index contributed by atoms with van der Waals surface area (Å²) >= 11 is 6.06. The zero-order valence-corrected chi connectivity index (χ0v) is 78.3. The number of aromatic nitrogens is 13. The molecule has 746 valence electrons. The molecule has 0 saturated heterocycles. The average molecular weight is 2050 g/mol. The van der Waals surface area contributed by atoms with Gasteiger partial charge in [0.1, 0.15) is 48.6 Å². The van der Waals surface area contributed by atoms with Gasteiger partial charge in [-0.15, -0.1) is 0 Å². The van der Waals surface area contributed by atoms with Crippen molar-refractivity contribution in [3.63, 3.8) is 0 Å². The van der Waals surface area contributed by atoms with Crippen molar-refractivity contribution >= 4 is 106 Å². The second kappa shape index (κ2) is 47.5. The Morgan fingerprint density at radius 2 is 1.09 bits per heavy atom. The SMILES string of the molecule is NS(=O)(=O)OC[C@H]1C[C@@H](Cc2ncncc2C(=O)c2ccn(Cc3c(F)c(F)c(F)c(F)c3F)n2)C[C@@H]1O.NS(=O)(=O)OC[C@H]1C[C@@H](Nc2cc(CC(=O)c3ccn(CC#Cc4ccco4)n3)ncn2)C[C@@H]1O.NS(=O)(=O)OC[C@H]1C[C@@H](Nc2ccncc2C(=O)c2ccn(Cc3cccc(Cl)c3)c2)C[C@@H]1O.NS(=O)(=O)OC[C@H]1C[C@@H](Nc2ncncc2C(=O)c2ccn(/C=C\c3ccccc3)c2)C[C@@H]1O. The third-order valence-electron chi connectivity index (χ3n) is 23.1. The molecule has 15 N–H and O–H groups in total. The third-order valence-corrected chi connectivity index (χ3v) is 25.1. The van der Waals surface area contributed by atoms with Gasteiger partial charge in [0.2, 0.25) is 11.6 Å². The van der Waals surface area contributed by atoms with E-state index in [2.05, 4.69) is 89.6 Å². The van der Waals surface area contributed by atoms with Crippen LogP contribution in [0.2, 0.25) is 5.02 Å². The zero-order valence-electron chi connectivity index (χ0n) is 74.3. The van der Waals surface area contributed by atoms with E-state index < -0.39 is 130 Å². The lowest BCUT2D eigenvalue weighted by molar-refractivity contribution is 0.0981. The maximum Gasteiger partial charge on any atom is 0.333 e. The summed E-state index contributed by atoms with van der Waals surface area (Å²) in [5, 5.41) is 78.9. The normalized spacial score (nSPS) is 20.1. The fourth-order valence-electron chi connectivity index (χ4n) is 16.3. The number of hydrogen-bond acceptors (Lipinski definition) is 33. The van der Waals surface area contributed by atoms with Gasteiger partial charge < -0.3 is 49.9 Å². The zero-order chi connectivity index (χ0) is 101. The van der Waals surface area contributed by atoms with Crippen molar-refractivity contribution < 1.29 is 116 Å². The molecule has 12 aromatic rings. The topological polar surface area (TPSA) is 612 Å². The lowest BCUT2D eigenvalue weighted by atomic mass is 9.96. The Kier molecular flexibility index (Phi) is 35.5. The molecule has 16 rings (SSSR count). The van der Waals surface area contributed by atoms with Crippen molar-refractivity contribution in [3.8, 4) is 11.8 Å². The fourth-order valence-corrected chi connectivity index (χ4v) is 17.9. The van der Waals surface area contributed by atoms with Crippen molar-refractivity contribution in [1.82, 2.24) is 63.6 Å². The first-order valence-corrected chi connectivity index (χ1v) is 49.4. The van der Waals surface area contributed by atoms with Crippen LogP contribution in [0.3, 0.4) is 0 Å². The van der Waals surface area contributed by atoms with Crippen LogP contribution in [0.5, 0.6) is 0 Å². The molecule has 0 bridgehead atoms. The van der Waals surface area contributed by atoms with Gasteiger partial charge in [0.25, 0.3) is 0 Å². The monoisotopic (exact) mass is 2050 g/mol. The molecule has 0 aliphatic heterocycles. The van der Waals surface area contributed by atoms with Gasteiger partial charge in [-0.25, -0.2) is 72.4 Å². The molecule has 141 heavy (non-hydrogen) atoms. The number of nitrogens with one attached hydrogen (secondary N) is 3. The molecule has 4 fully saturated rings. The predicted octanol–water partition coefficient (Wildman–Crippen LogP) is 6.81. The van der Waals surface area contributed by atoms with E-state index in [1.54, 1.807) is 89.0 Å². The molecule has 9 heterocycles. The number of nitrogens with two attached hydrogens (primary N) is 4. The molecule has 41 nitrogen and oxygen atoms in total. The van der Waals surface area contributed by atoms with Gasteiger partial charge in [0, 0.05) is 144 Å². The summed E-state index contributed by atoms with van der Waals surface area (Å²) < 4.78 is 186. The number of pyridine rings is 1. The Morgan fingerprint density at radius 3 is 1.72 bits per heavy atom. The largest absolute Gasteiger partial charge is 0.456 e. The number of anilines is 3. The minimum atomic E-state index is -4.17. The van der Waals surface area contributed by atoms with E-state index >= 15 is 0 Å². The van der Waals surface area contributed by atoms with Crippen molar-refractivity contribution in [2.24, 2.45) is 50.1 Å². The molecule has 0 amide bonds. The van der Waals surface area contributed by atoms with Gasteiger partial charge in [-0.05, 0) is 141 Å². The van der Waals surface area contributed by atoms with Crippen LogP contribution in [-0.2, 0) is 90.4 Å². The Hall–Kier alpha value is -13.1. The Balaban J connectivity index is 0.000000158. The minimum absolute atomic E-state index is 0.0321. The first-order valence-electron chi connectivity index (χ1n) is 43.2. The molecule has 3 aromatic carbocycles. The molecule has 0 spiro atoms. The van der Waals surface area contributed by atoms with Crippen molar-refractivity contribution in [2.45, 2.75) is 126 Å². The number of Topliss-reactive ketones (excluding diaryl/α,β-unsaturated/α-hetero) is 1. The Morgan fingerprint density at radius 1 is 0.525 bits per heavy atom. The van der Waals surface area contributed by atoms with Gasteiger partial charge in [-0.3, -0.25) is 50.3 Å². The van der Waals surface area contributed by atoms with E-state index in [1.165, 1.54) is 43.6 Å². The third kappa shape index (κ3) is 30.7. The second-order valence-electron chi connectivity index (χ2n) is 33.4. The molecule has 9 aromatic heterocycles. The van der Waals surface area contributed by atoms with Crippen LogP contribution in [0.1, 0.15) is 144 Å². The summed E-state index contributed by atoms with van der Waals surface area (Å²) in [6, 6.07) is 30.0. The second-order valence-corrected chi connectivity index (χ2v) is 38.7. The highest BCUT2D eigenvalue weighted by Gasteiger charge is 2.40. The van der Waals surface area contributed by atoms with Crippen LogP contribution < -0.4 is 36.5 Å². The summed E-state index contributed by atoms with van der Waals surface area (Å²) in [4.78, 5) is 80.8. The summed E-state index contributed by atoms with van der Waals surface area (Å²) in [5.74, 6) is -6.48. The number of aliphatic hydroxyl groups excluding tert-OH is 4. The number of nitrogens with zero attached hydrogens (tertiary/aromatic N) is 13. The van der Waals surface area contributed by atoms with Gasteiger partial charge >= 0.3 is 41.2 Å². The van der Waals surface area contributed by atoms with E-state index in [4.69, 9.17) is 36.6 Å². The maximum absolute atomic E-state index is 14.0. The quantitative estimate of drug-likeness (QED) is 0.00631.